The molecule has 7 nitrogen and oxygen atoms in total. The van der Waals surface area contributed by atoms with Gasteiger partial charge in [-0.3, -0.25) is 13.8 Å². The van der Waals surface area contributed by atoms with E-state index in [4.69, 9.17) is 21.1 Å². The third kappa shape index (κ3) is 4.68. The summed E-state index contributed by atoms with van der Waals surface area (Å²) in [5.74, 6) is 1.82. The lowest BCUT2D eigenvalue weighted by molar-refractivity contribution is 0.287. The Bertz CT molecular complexity index is 1610. The number of ether oxygens (including phenoxy) is 2. The Kier molecular flexibility index (Phi) is 7.17. The van der Waals surface area contributed by atoms with Gasteiger partial charge in [0.15, 0.2) is 16.7 Å². The molecule has 0 spiro atoms. The molecular weight excluding hydrogens is 523 g/mol. The average molecular weight is 545 g/mol. The molecule has 0 radical (unpaired) electrons. The maximum atomic E-state index is 13.4. The quantitative estimate of drug-likeness (QED) is 0.211. The van der Waals surface area contributed by atoms with E-state index in [0.717, 1.165) is 16.6 Å². The summed E-state index contributed by atoms with van der Waals surface area (Å²) in [5.41, 5.74) is 2.27. The van der Waals surface area contributed by atoms with Crippen LogP contribution in [0.4, 0.5) is 4.39 Å². The zero-order valence-corrected chi connectivity index (χ0v) is 21.9. The standard InChI is InChI=1S/C25H22ClFN4O3S2/c1-3-33-20-8-5-15(11-21(20)34-4-2)13-30-23(32)22-19(9-10-35-22)31-24(30)28-29-25(31)36-14-16-6-7-17(27)12-18(16)26/h5-12H,3-4,13-14H2,1-2H3. The molecule has 0 saturated carbocycles. The summed E-state index contributed by atoms with van der Waals surface area (Å²) in [5, 5.41) is 11.6. The number of halogens is 2. The van der Waals surface area contributed by atoms with Crippen molar-refractivity contribution in [2.45, 2.75) is 31.3 Å². The number of thioether (sulfide) groups is 1. The van der Waals surface area contributed by atoms with E-state index in [1.54, 1.807) is 10.6 Å². The van der Waals surface area contributed by atoms with Crippen molar-refractivity contribution in [2.24, 2.45) is 0 Å². The van der Waals surface area contributed by atoms with Crippen LogP contribution in [0.1, 0.15) is 25.0 Å². The predicted molar refractivity (Wildman–Crippen MR) is 141 cm³/mol. The summed E-state index contributed by atoms with van der Waals surface area (Å²) in [6.07, 6.45) is 0. The molecule has 0 aliphatic carbocycles. The predicted octanol–water partition coefficient (Wildman–Crippen LogP) is 6.04. The van der Waals surface area contributed by atoms with Gasteiger partial charge in [0.05, 0.1) is 25.3 Å². The SMILES string of the molecule is CCOc1ccc(Cn2c(=O)c3sccc3n3c(SCc4ccc(F)cc4Cl)nnc23)cc1OCC. The van der Waals surface area contributed by atoms with Crippen molar-refractivity contribution in [2.75, 3.05) is 13.2 Å². The van der Waals surface area contributed by atoms with Crippen molar-refractivity contribution in [1.29, 1.82) is 0 Å². The number of nitrogens with zero attached hydrogens (tertiary/aromatic N) is 4. The van der Waals surface area contributed by atoms with Gasteiger partial charge in [-0.25, -0.2) is 4.39 Å². The Morgan fingerprint density at radius 3 is 2.64 bits per heavy atom. The van der Waals surface area contributed by atoms with Gasteiger partial charge in [0.1, 0.15) is 10.5 Å². The first-order valence-corrected chi connectivity index (χ1v) is 13.5. The van der Waals surface area contributed by atoms with Crippen LogP contribution >= 0.6 is 34.7 Å². The molecule has 3 heterocycles. The molecule has 5 aromatic rings. The largest absolute Gasteiger partial charge is 0.490 e. The van der Waals surface area contributed by atoms with E-state index < -0.39 is 0 Å². The van der Waals surface area contributed by atoms with Crippen LogP contribution in [0.2, 0.25) is 5.02 Å². The highest BCUT2D eigenvalue weighted by Crippen LogP contribution is 2.31. The van der Waals surface area contributed by atoms with Crippen molar-refractivity contribution >= 4 is 50.7 Å². The van der Waals surface area contributed by atoms with Crippen molar-refractivity contribution in [1.82, 2.24) is 19.2 Å². The van der Waals surface area contributed by atoms with Gasteiger partial charge < -0.3 is 9.47 Å². The van der Waals surface area contributed by atoms with E-state index in [2.05, 4.69) is 10.2 Å². The molecule has 36 heavy (non-hydrogen) atoms. The first-order chi connectivity index (χ1) is 17.5. The highest BCUT2D eigenvalue weighted by molar-refractivity contribution is 7.98. The fraction of sp³-hybridized carbons (Fsp3) is 0.240. The van der Waals surface area contributed by atoms with Crippen LogP contribution in [0.25, 0.3) is 16.0 Å². The summed E-state index contributed by atoms with van der Waals surface area (Å²) in [6, 6.07) is 11.9. The van der Waals surface area contributed by atoms with Crippen molar-refractivity contribution in [3.63, 3.8) is 0 Å². The first kappa shape index (κ1) is 24.6. The minimum Gasteiger partial charge on any atom is -0.490 e. The molecule has 186 valence electrons. The molecule has 3 aromatic heterocycles. The van der Waals surface area contributed by atoms with Crippen molar-refractivity contribution < 1.29 is 13.9 Å². The molecule has 0 aliphatic heterocycles. The minimum absolute atomic E-state index is 0.134. The van der Waals surface area contributed by atoms with Gasteiger partial charge in [-0.05, 0) is 60.7 Å². The molecule has 11 heteroatoms. The molecule has 0 atom stereocenters. The van der Waals surface area contributed by atoms with Crippen molar-refractivity contribution in [3.8, 4) is 11.5 Å². The van der Waals surface area contributed by atoms with E-state index in [9.17, 15) is 9.18 Å². The van der Waals surface area contributed by atoms with Crippen LogP contribution in [0.15, 0.2) is 57.8 Å². The van der Waals surface area contributed by atoms with Gasteiger partial charge >= 0.3 is 0 Å². The zero-order chi connectivity index (χ0) is 25.2. The fourth-order valence-electron chi connectivity index (χ4n) is 3.89. The minimum atomic E-state index is -0.382. The average Bonchev–Trinajstić information content (AvgIpc) is 3.50. The monoisotopic (exact) mass is 544 g/mol. The van der Waals surface area contributed by atoms with Gasteiger partial charge in [0, 0.05) is 10.8 Å². The molecule has 0 N–H and O–H groups in total. The summed E-state index contributed by atoms with van der Waals surface area (Å²) in [4.78, 5) is 13.4. The fourth-order valence-corrected chi connectivity index (χ4v) is 5.97. The van der Waals surface area contributed by atoms with Crippen LogP contribution in [-0.4, -0.2) is 32.4 Å². The topological polar surface area (TPSA) is 70.7 Å². The van der Waals surface area contributed by atoms with Gasteiger partial charge in [-0.1, -0.05) is 35.5 Å². The Balaban J connectivity index is 1.55. The number of hydrogen-bond acceptors (Lipinski definition) is 7. The number of aromatic nitrogens is 4. The second-order valence-electron chi connectivity index (χ2n) is 7.82. The number of benzene rings is 2. The number of thiophene rings is 1. The third-order valence-corrected chi connectivity index (χ3v) is 7.72. The van der Waals surface area contributed by atoms with Crippen LogP contribution in [-0.2, 0) is 12.3 Å². The second kappa shape index (κ2) is 10.5. The number of rotatable bonds is 9. The molecule has 5 rings (SSSR count). The van der Waals surface area contributed by atoms with E-state index in [-0.39, 0.29) is 17.9 Å². The molecule has 0 saturated heterocycles. The van der Waals surface area contributed by atoms with Crippen LogP contribution in [0.3, 0.4) is 0 Å². The zero-order valence-electron chi connectivity index (χ0n) is 19.5. The Morgan fingerprint density at radius 2 is 1.86 bits per heavy atom. The summed E-state index contributed by atoms with van der Waals surface area (Å²) < 4.78 is 29.0. The molecular formula is C25H22ClFN4O3S2. The number of fused-ring (bicyclic) bond motifs is 3. The normalized spacial score (nSPS) is 11.4. The van der Waals surface area contributed by atoms with Gasteiger partial charge in [-0.15, -0.1) is 21.5 Å². The van der Waals surface area contributed by atoms with Gasteiger partial charge in [-0.2, -0.15) is 0 Å². The summed E-state index contributed by atoms with van der Waals surface area (Å²) in [7, 11) is 0. The van der Waals surface area contributed by atoms with Crippen molar-refractivity contribution in [3.05, 3.63) is 80.2 Å². The molecule has 0 unspecified atom stereocenters. The highest BCUT2D eigenvalue weighted by Gasteiger charge is 2.19. The van der Waals surface area contributed by atoms with Crippen LogP contribution < -0.4 is 15.0 Å². The lowest BCUT2D eigenvalue weighted by Gasteiger charge is -2.14. The lowest BCUT2D eigenvalue weighted by atomic mass is 10.2. The number of hydrogen-bond donors (Lipinski definition) is 0. The van der Waals surface area contributed by atoms with Crippen LogP contribution in [0.5, 0.6) is 11.5 Å². The molecule has 0 aliphatic rings. The van der Waals surface area contributed by atoms with E-state index >= 15 is 0 Å². The van der Waals surface area contributed by atoms with Gasteiger partial charge in [0.2, 0.25) is 5.78 Å². The Hall–Kier alpha value is -3.08. The molecule has 0 amide bonds. The molecule has 0 fully saturated rings. The molecule has 2 aromatic carbocycles. The van der Waals surface area contributed by atoms with E-state index in [0.29, 0.717) is 51.1 Å². The highest BCUT2D eigenvalue weighted by atomic mass is 35.5. The van der Waals surface area contributed by atoms with E-state index in [1.807, 2.05) is 47.9 Å². The summed E-state index contributed by atoms with van der Waals surface area (Å²) in [6.45, 7) is 5.14. The second-order valence-corrected chi connectivity index (χ2v) is 10.1. The summed E-state index contributed by atoms with van der Waals surface area (Å²) >= 11 is 9.01. The van der Waals surface area contributed by atoms with Crippen LogP contribution in [0, 0.1) is 5.82 Å². The molecule has 0 bridgehead atoms. The lowest BCUT2D eigenvalue weighted by Crippen LogP contribution is -2.23. The maximum absolute atomic E-state index is 13.4. The first-order valence-electron chi connectivity index (χ1n) is 11.3. The van der Waals surface area contributed by atoms with Gasteiger partial charge in [0.25, 0.3) is 5.56 Å². The smallest absolute Gasteiger partial charge is 0.273 e. The Labute approximate surface area is 219 Å². The van der Waals surface area contributed by atoms with E-state index in [1.165, 1.54) is 35.2 Å². The Morgan fingerprint density at radius 1 is 1.06 bits per heavy atom. The maximum Gasteiger partial charge on any atom is 0.273 e. The third-order valence-electron chi connectivity index (χ3n) is 5.50.